The maximum absolute atomic E-state index is 13.0. The van der Waals surface area contributed by atoms with Crippen LogP contribution in [0.5, 0.6) is 0 Å². The molecule has 2 aliphatic heterocycles. The van der Waals surface area contributed by atoms with Gasteiger partial charge in [-0.25, -0.2) is 0 Å². The average molecular weight is 791 g/mol. The number of nitrogen functional groups attached to an aromatic ring is 1. The zero-order chi connectivity index (χ0) is 39.0. The maximum Gasteiger partial charge on any atom is 0.327 e. The first-order valence-corrected chi connectivity index (χ1v) is 21.1. The van der Waals surface area contributed by atoms with E-state index in [0.29, 0.717) is 62.0 Å². The Labute approximate surface area is 321 Å². The Morgan fingerprint density at radius 3 is 2.58 bits per heavy atom. The van der Waals surface area contributed by atoms with Crippen molar-refractivity contribution >= 4 is 37.0 Å². The molecule has 0 radical (unpaired) electrons. The van der Waals surface area contributed by atoms with Crippen molar-refractivity contribution in [1.82, 2.24) is 61.8 Å². The van der Waals surface area contributed by atoms with E-state index in [2.05, 4.69) is 57.4 Å². The molecule has 2 fully saturated rings. The van der Waals surface area contributed by atoms with E-state index in [9.17, 15) is 14.2 Å². The number of hydrazine groups is 2. The first kappa shape index (κ1) is 42.0. The minimum absolute atomic E-state index is 0.0827. The fourth-order valence-corrected chi connectivity index (χ4v) is 7.10. The number of hydrogen-bond acceptors (Lipinski definition) is 16. The standard InChI is InChI=1S/C33H59N16O5P/c34-28(32(51)38-21-26-24-49(45-42-26)18-19-55(52,53)54)8-9-31(50)47-16-14-46(15-17-47)30-20-29(35)40-33(41-30)39-22-27-23-48(44-43-27)13-5-11-36-10-4-12-37-25-6-2-1-3-7-25/h20,23-25,28,36-37,42,45H,1-19,21-22,34H2,(H,38,51)(H2,52,53,54)(H3,35,39,40,41)/t28-/m0/s1. The number of anilines is 3. The number of hydrogen-bond donors (Lipinski definition) is 10. The number of nitrogens with two attached hydrogens (primary N) is 2. The number of rotatable bonds is 22. The Morgan fingerprint density at radius 1 is 1.02 bits per heavy atom. The summed E-state index contributed by atoms with van der Waals surface area (Å²) in [6.07, 6.45) is 12.4. The number of aromatic nitrogens is 5. The highest BCUT2D eigenvalue weighted by Crippen LogP contribution is 2.33. The summed E-state index contributed by atoms with van der Waals surface area (Å²) in [5.74, 6) is 0.878. The molecule has 22 heteroatoms. The number of nitrogens with zero attached hydrogens (tertiary/aromatic N) is 8. The van der Waals surface area contributed by atoms with Crippen LogP contribution in [0, 0.1) is 0 Å². The van der Waals surface area contributed by atoms with Gasteiger partial charge in [0, 0.05) is 64.0 Å². The highest BCUT2D eigenvalue weighted by atomic mass is 31.2. The molecule has 2 amide bonds. The highest BCUT2D eigenvalue weighted by molar-refractivity contribution is 7.51. The van der Waals surface area contributed by atoms with E-state index >= 15 is 0 Å². The summed E-state index contributed by atoms with van der Waals surface area (Å²) in [7, 11) is -4.12. The zero-order valence-electron chi connectivity index (χ0n) is 31.5. The van der Waals surface area contributed by atoms with Gasteiger partial charge in [-0.05, 0) is 51.7 Å². The second kappa shape index (κ2) is 21.3. The van der Waals surface area contributed by atoms with Gasteiger partial charge in [-0.15, -0.1) is 10.6 Å². The van der Waals surface area contributed by atoms with Gasteiger partial charge in [0.25, 0.3) is 0 Å². The van der Waals surface area contributed by atoms with Crippen LogP contribution in [0.25, 0.3) is 0 Å². The molecule has 0 spiro atoms. The summed E-state index contributed by atoms with van der Waals surface area (Å²) in [5, 5.41) is 23.1. The van der Waals surface area contributed by atoms with Gasteiger partial charge in [0.05, 0.1) is 37.2 Å². The summed E-state index contributed by atoms with van der Waals surface area (Å²) < 4.78 is 12.9. The van der Waals surface area contributed by atoms with Crippen molar-refractivity contribution in [3.8, 4) is 0 Å². The van der Waals surface area contributed by atoms with Gasteiger partial charge in [-0.3, -0.25) is 23.8 Å². The molecule has 2 aromatic rings. The van der Waals surface area contributed by atoms with E-state index in [4.69, 9.17) is 21.3 Å². The topological polar surface area (TPSA) is 282 Å². The van der Waals surface area contributed by atoms with Crippen molar-refractivity contribution in [2.75, 3.05) is 81.0 Å². The Hall–Kier alpha value is -4.11. The second-order valence-corrected chi connectivity index (χ2v) is 16.0. The van der Waals surface area contributed by atoms with Crippen molar-refractivity contribution in [3.63, 3.8) is 0 Å². The van der Waals surface area contributed by atoms with Crippen molar-refractivity contribution in [2.24, 2.45) is 5.73 Å². The fraction of sp³-hybridized carbons (Fsp3) is 0.697. The van der Waals surface area contributed by atoms with E-state index in [0.717, 1.165) is 44.7 Å². The smallest absolute Gasteiger partial charge is 0.327 e. The number of nitrogens with one attached hydrogen (secondary N) is 6. The van der Waals surface area contributed by atoms with Gasteiger partial charge in [-0.2, -0.15) is 9.97 Å². The molecule has 12 N–H and O–H groups in total. The highest BCUT2D eigenvalue weighted by Gasteiger charge is 2.25. The Kier molecular flexibility index (Phi) is 16.3. The monoisotopic (exact) mass is 790 g/mol. The summed E-state index contributed by atoms with van der Waals surface area (Å²) in [4.78, 5) is 56.4. The molecule has 55 heavy (non-hydrogen) atoms. The van der Waals surface area contributed by atoms with Crippen LogP contribution in [0.15, 0.2) is 24.2 Å². The molecule has 4 heterocycles. The summed E-state index contributed by atoms with van der Waals surface area (Å²) >= 11 is 0. The molecule has 21 nitrogen and oxygen atoms in total. The molecule has 5 rings (SSSR count). The largest absolute Gasteiger partial charge is 0.383 e. The summed E-state index contributed by atoms with van der Waals surface area (Å²) in [5.41, 5.74) is 19.1. The van der Waals surface area contributed by atoms with Crippen molar-refractivity contribution in [1.29, 1.82) is 0 Å². The van der Waals surface area contributed by atoms with Gasteiger partial charge in [-0.1, -0.05) is 24.5 Å². The first-order valence-electron chi connectivity index (χ1n) is 19.3. The van der Waals surface area contributed by atoms with Crippen LogP contribution in [0.1, 0.15) is 63.5 Å². The summed E-state index contributed by atoms with van der Waals surface area (Å²) in [6, 6.07) is 1.55. The van der Waals surface area contributed by atoms with Gasteiger partial charge >= 0.3 is 7.60 Å². The molecule has 0 bridgehead atoms. The maximum atomic E-state index is 13.0. The second-order valence-electron chi connectivity index (χ2n) is 14.3. The van der Waals surface area contributed by atoms with E-state index < -0.39 is 19.5 Å². The van der Waals surface area contributed by atoms with E-state index in [1.54, 1.807) is 17.2 Å². The van der Waals surface area contributed by atoms with Crippen LogP contribution in [-0.4, -0.2) is 134 Å². The van der Waals surface area contributed by atoms with E-state index in [1.807, 2.05) is 10.9 Å². The molecular weight excluding hydrogens is 731 g/mol. The molecule has 1 aliphatic carbocycles. The van der Waals surface area contributed by atoms with Crippen molar-refractivity contribution in [2.45, 2.75) is 83.0 Å². The minimum atomic E-state index is -4.12. The Bertz CT molecular complexity index is 1590. The van der Waals surface area contributed by atoms with Crippen molar-refractivity contribution in [3.05, 3.63) is 29.9 Å². The zero-order valence-corrected chi connectivity index (χ0v) is 32.4. The molecule has 1 atom stereocenters. The average Bonchev–Trinajstić information content (AvgIpc) is 3.84. The fourth-order valence-electron chi connectivity index (χ4n) is 6.62. The third kappa shape index (κ3) is 14.8. The first-order chi connectivity index (χ1) is 26.5. The van der Waals surface area contributed by atoms with Crippen LogP contribution in [-0.2, 0) is 27.2 Å². The molecule has 1 saturated heterocycles. The van der Waals surface area contributed by atoms with Crippen LogP contribution in [0.4, 0.5) is 17.6 Å². The molecule has 0 unspecified atom stereocenters. The third-order valence-corrected chi connectivity index (χ3v) is 10.6. The third-order valence-electron chi connectivity index (χ3n) is 9.77. The molecular formula is C33H59N16O5P. The lowest BCUT2D eigenvalue weighted by molar-refractivity contribution is -0.131. The van der Waals surface area contributed by atoms with Gasteiger partial charge in [0.1, 0.15) is 17.3 Å². The molecule has 1 saturated carbocycles. The Balaban J connectivity index is 0.943. The van der Waals surface area contributed by atoms with Crippen LogP contribution in [0.2, 0.25) is 0 Å². The predicted molar refractivity (Wildman–Crippen MR) is 208 cm³/mol. The number of aryl methyl sites for hydroxylation is 1. The molecule has 3 aliphatic rings. The van der Waals surface area contributed by atoms with E-state index in [1.165, 1.54) is 37.1 Å². The van der Waals surface area contributed by atoms with Gasteiger partial charge < -0.3 is 57.7 Å². The lowest BCUT2D eigenvalue weighted by Gasteiger charge is -2.35. The lowest BCUT2D eigenvalue weighted by atomic mass is 9.95. The van der Waals surface area contributed by atoms with Crippen LogP contribution >= 0.6 is 7.60 Å². The normalized spacial score (nSPS) is 17.2. The van der Waals surface area contributed by atoms with Crippen LogP contribution < -0.4 is 48.6 Å². The molecule has 2 aromatic heterocycles. The number of carbonyl (C=O) groups excluding carboxylic acids is 2. The number of amides is 2. The minimum Gasteiger partial charge on any atom is -0.383 e. The SMILES string of the molecule is Nc1cc(N2CCN(C(=O)CC[C@H](N)C(=O)NCC3=CN(CCP(=O)(O)O)NN3)CC2)nc(NCc2cn(CCCNCCCNC3CCCCC3)nn2)n1. The lowest BCUT2D eigenvalue weighted by Crippen LogP contribution is -2.49. The van der Waals surface area contributed by atoms with Gasteiger partial charge in [0.2, 0.25) is 17.8 Å². The number of carbonyl (C=O) groups is 2. The van der Waals surface area contributed by atoms with Gasteiger partial charge in [0.15, 0.2) is 0 Å². The van der Waals surface area contributed by atoms with E-state index in [-0.39, 0.29) is 38.0 Å². The molecule has 306 valence electrons. The quantitative estimate of drug-likeness (QED) is 0.0494. The summed E-state index contributed by atoms with van der Waals surface area (Å²) in [6.45, 7) is 6.46. The molecule has 0 aromatic carbocycles. The Morgan fingerprint density at radius 2 is 1.80 bits per heavy atom. The predicted octanol–water partition coefficient (Wildman–Crippen LogP) is -1.23. The number of piperazine rings is 1. The van der Waals surface area contributed by atoms with Crippen molar-refractivity contribution < 1.29 is 23.9 Å². The van der Waals surface area contributed by atoms with Crippen LogP contribution in [0.3, 0.4) is 0 Å².